The van der Waals surface area contributed by atoms with E-state index >= 15 is 0 Å². The van der Waals surface area contributed by atoms with Gasteiger partial charge in [-0.15, -0.1) is 0 Å². The minimum absolute atomic E-state index is 0.0915. The van der Waals surface area contributed by atoms with E-state index in [1.54, 1.807) is 24.7 Å². The fourth-order valence-electron chi connectivity index (χ4n) is 2.05. The molecular weight excluding hydrogens is 252 g/mol. The number of urea groups is 1. The molecule has 0 atom stereocenters. The van der Waals surface area contributed by atoms with Crippen molar-refractivity contribution >= 4 is 11.7 Å². The predicted molar refractivity (Wildman–Crippen MR) is 76.1 cm³/mol. The number of rotatable bonds is 4. The van der Waals surface area contributed by atoms with Crippen LogP contribution in [0.4, 0.5) is 10.5 Å². The number of pyridine rings is 2. The predicted octanol–water partition coefficient (Wildman–Crippen LogP) is 2.67. The first-order chi connectivity index (χ1) is 9.83. The highest BCUT2D eigenvalue weighted by atomic mass is 16.2. The smallest absolute Gasteiger partial charge is 0.316 e. The van der Waals surface area contributed by atoms with Gasteiger partial charge >= 0.3 is 6.03 Å². The number of carbonyl (C=O) groups excluding carboxylic acids is 1. The Morgan fingerprint density at radius 3 is 2.80 bits per heavy atom. The average molecular weight is 268 g/mol. The molecule has 102 valence electrons. The number of nitrogens with one attached hydrogen (secondary N) is 1. The van der Waals surface area contributed by atoms with Crippen LogP contribution in [-0.2, 0) is 6.54 Å². The largest absolute Gasteiger partial charge is 0.322 e. The molecule has 0 aromatic carbocycles. The Labute approximate surface area is 117 Å². The monoisotopic (exact) mass is 268 g/mol. The Hall–Kier alpha value is -2.43. The molecule has 0 bridgehead atoms. The van der Waals surface area contributed by atoms with Crippen molar-refractivity contribution in [2.75, 3.05) is 5.32 Å². The molecule has 2 aromatic rings. The summed E-state index contributed by atoms with van der Waals surface area (Å²) >= 11 is 0. The van der Waals surface area contributed by atoms with Gasteiger partial charge in [0.1, 0.15) is 0 Å². The molecule has 0 aliphatic heterocycles. The summed E-state index contributed by atoms with van der Waals surface area (Å²) in [6, 6.07) is 9.62. The first kappa shape index (κ1) is 12.6. The van der Waals surface area contributed by atoms with E-state index in [4.69, 9.17) is 0 Å². The maximum absolute atomic E-state index is 12.4. The normalized spacial score (nSPS) is 13.8. The van der Waals surface area contributed by atoms with Crippen LogP contribution >= 0.6 is 0 Å². The second-order valence-corrected chi connectivity index (χ2v) is 4.85. The number of aromatic nitrogens is 2. The van der Waals surface area contributed by atoms with E-state index in [0.29, 0.717) is 18.3 Å². The van der Waals surface area contributed by atoms with Gasteiger partial charge in [0.2, 0.25) is 0 Å². The van der Waals surface area contributed by atoms with Crippen molar-refractivity contribution in [2.24, 2.45) is 0 Å². The third-order valence-electron chi connectivity index (χ3n) is 3.22. The Bertz CT molecular complexity index is 569. The van der Waals surface area contributed by atoms with E-state index in [1.165, 1.54) is 0 Å². The molecule has 0 spiro atoms. The lowest BCUT2D eigenvalue weighted by Crippen LogP contribution is -2.36. The van der Waals surface area contributed by atoms with E-state index in [0.717, 1.165) is 18.5 Å². The van der Waals surface area contributed by atoms with Gasteiger partial charge in [0.25, 0.3) is 0 Å². The highest BCUT2D eigenvalue weighted by Gasteiger charge is 2.32. The van der Waals surface area contributed by atoms with Gasteiger partial charge in [-0.1, -0.05) is 6.07 Å². The zero-order chi connectivity index (χ0) is 13.8. The molecule has 2 heterocycles. The van der Waals surface area contributed by atoms with E-state index in [9.17, 15) is 4.79 Å². The molecule has 1 N–H and O–H groups in total. The number of anilines is 1. The van der Waals surface area contributed by atoms with Gasteiger partial charge in [0, 0.05) is 18.4 Å². The lowest BCUT2D eigenvalue weighted by molar-refractivity contribution is 0.205. The second-order valence-electron chi connectivity index (χ2n) is 4.85. The van der Waals surface area contributed by atoms with E-state index in [2.05, 4.69) is 15.3 Å². The lowest BCUT2D eigenvalue weighted by atomic mass is 10.3. The third-order valence-corrected chi connectivity index (χ3v) is 3.22. The lowest BCUT2D eigenvalue weighted by Gasteiger charge is -2.22. The summed E-state index contributed by atoms with van der Waals surface area (Å²) in [7, 11) is 0. The first-order valence-corrected chi connectivity index (χ1v) is 6.70. The third kappa shape index (κ3) is 3.12. The molecule has 5 nitrogen and oxygen atoms in total. The zero-order valence-corrected chi connectivity index (χ0v) is 11.1. The molecule has 1 fully saturated rings. The van der Waals surface area contributed by atoms with Crippen LogP contribution in [0.1, 0.15) is 18.5 Å². The Morgan fingerprint density at radius 1 is 1.25 bits per heavy atom. The van der Waals surface area contributed by atoms with Crippen LogP contribution in [0, 0.1) is 0 Å². The van der Waals surface area contributed by atoms with Gasteiger partial charge in [-0.05, 0) is 37.1 Å². The highest BCUT2D eigenvalue weighted by molar-refractivity contribution is 5.89. The number of hydrogen-bond acceptors (Lipinski definition) is 3. The molecule has 1 aliphatic carbocycles. The fraction of sp³-hybridized carbons (Fsp3) is 0.267. The summed E-state index contributed by atoms with van der Waals surface area (Å²) in [4.78, 5) is 22.5. The molecule has 1 aliphatic rings. The van der Waals surface area contributed by atoms with Crippen molar-refractivity contribution in [3.63, 3.8) is 0 Å². The Kier molecular flexibility index (Phi) is 3.58. The fourth-order valence-corrected chi connectivity index (χ4v) is 2.05. The molecule has 2 amide bonds. The van der Waals surface area contributed by atoms with Crippen molar-refractivity contribution in [2.45, 2.75) is 25.4 Å². The summed E-state index contributed by atoms with van der Waals surface area (Å²) in [5.74, 6) is 0. The molecular formula is C15H16N4O. The maximum Gasteiger partial charge on any atom is 0.322 e. The number of amides is 2. The van der Waals surface area contributed by atoms with Gasteiger partial charge in [0.05, 0.1) is 24.1 Å². The van der Waals surface area contributed by atoms with Gasteiger partial charge < -0.3 is 10.2 Å². The molecule has 5 heteroatoms. The molecule has 0 saturated heterocycles. The Balaban J connectivity index is 1.69. The van der Waals surface area contributed by atoms with Crippen molar-refractivity contribution in [3.8, 4) is 0 Å². The molecule has 2 aromatic heterocycles. The SMILES string of the molecule is O=C(Nc1cccnc1)N(Cc1ccccn1)C1CC1. The molecule has 0 unspecified atom stereocenters. The van der Waals surface area contributed by atoms with Gasteiger partial charge in [0.15, 0.2) is 0 Å². The summed E-state index contributed by atoms with van der Waals surface area (Å²) < 4.78 is 0. The van der Waals surface area contributed by atoms with Crippen LogP contribution in [0.2, 0.25) is 0 Å². The first-order valence-electron chi connectivity index (χ1n) is 6.70. The summed E-state index contributed by atoms with van der Waals surface area (Å²) in [5.41, 5.74) is 1.62. The second kappa shape index (κ2) is 5.69. The summed E-state index contributed by atoms with van der Waals surface area (Å²) in [5, 5.41) is 2.88. The van der Waals surface area contributed by atoms with Crippen LogP contribution in [-0.4, -0.2) is 26.9 Å². The minimum Gasteiger partial charge on any atom is -0.316 e. The quantitative estimate of drug-likeness (QED) is 0.927. The van der Waals surface area contributed by atoms with Crippen molar-refractivity contribution < 1.29 is 4.79 Å². The number of carbonyl (C=O) groups is 1. The number of hydrogen-bond donors (Lipinski definition) is 1. The average Bonchev–Trinajstić information content (AvgIpc) is 3.31. The Morgan fingerprint density at radius 2 is 2.15 bits per heavy atom. The van der Waals surface area contributed by atoms with Crippen molar-refractivity contribution in [1.29, 1.82) is 0 Å². The van der Waals surface area contributed by atoms with Crippen molar-refractivity contribution in [1.82, 2.24) is 14.9 Å². The van der Waals surface area contributed by atoms with Crippen LogP contribution in [0.5, 0.6) is 0 Å². The van der Waals surface area contributed by atoms with E-state index < -0.39 is 0 Å². The van der Waals surface area contributed by atoms with Crippen LogP contribution in [0.25, 0.3) is 0 Å². The molecule has 3 rings (SSSR count). The van der Waals surface area contributed by atoms with Crippen LogP contribution in [0.15, 0.2) is 48.9 Å². The van der Waals surface area contributed by atoms with Gasteiger partial charge in [-0.25, -0.2) is 4.79 Å². The number of nitrogens with zero attached hydrogens (tertiary/aromatic N) is 3. The van der Waals surface area contributed by atoms with Gasteiger partial charge in [-0.2, -0.15) is 0 Å². The summed E-state index contributed by atoms with van der Waals surface area (Å²) in [6.45, 7) is 0.539. The molecule has 1 saturated carbocycles. The molecule has 0 radical (unpaired) electrons. The summed E-state index contributed by atoms with van der Waals surface area (Å²) in [6.07, 6.45) is 7.20. The van der Waals surface area contributed by atoms with Crippen molar-refractivity contribution in [3.05, 3.63) is 54.6 Å². The van der Waals surface area contributed by atoms with Gasteiger partial charge in [-0.3, -0.25) is 9.97 Å². The highest BCUT2D eigenvalue weighted by Crippen LogP contribution is 2.28. The minimum atomic E-state index is -0.0915. The molecule has 20 heavy (non-hydrogen) atoms. The van der Waals surface area contributed by atoms with E-state index in [-0.39, 0.29) is 6.03 Å². The topological polar surface area (TPSA) is 58.1 Å². The van der Waals surface area contributed by atoms with Crippen LogP contribution < -0.4 is 5.32 Å². The zero-order valence-electron chi connectivity index (χ0n) is 11.1. The maximum atomic E-state index is 12.4. The van der Waals surface area contributed by atoms with Crippen LogP contribution in [0.3, 0.4) is 0 Å². The standard InChI is InChI=1S/C15H16N4O/c20-15(18-12-5-3-8-16-10-12)19(14-6-7-14)11-13-4-1-2-9-17-13/h1-5,8-10,14H,6-7,11H2,(H,18,20). The van der Waals surface area contributed by atoms with E-state index in [1.807, 2.05) is 29.2 Å².